The van der Waals surface area contributed by atoms with Gasteiger partial charge in [0.25, 0.3) is 0 Å². The van der Waals surface area contributed by atoms with Crippen molar-refractivity contribution in [3.8, 4) is 6.07 Å². The van der Waals surface area contributed by atoms with Crippen LogP contribution in [0, 0.1) is 17.2 Å². The Hall–Kier alpha value is -2.37. The Morgan fingerprint density at radius 2 is 2.07 bits per heavy atom. The summed E-state index contributed by atoms with van der Waals surface area (Å²) in [5.74, 6) is 1.65. The summed E-state index contributed by atoms with van der Waals surface area (Å²) in [4.78, 5) is 13.1. The second-order valence-corrected chi connectivity index (χ2v) is 7.55. The van der Waals surface area contributed by atoms with Crippen molar-refractivity contribution in [2.24, 2.45) is 11.7 Å². The number of anilines is 2. The topological polar surface area (TPSA) is 113 Å². The van der Waals surface area contributed by atoms with E-state index in [1.165, 1.54) is 0 Å². The molecule has 0 bridgehead atoms. The van der Waals surface area contributed by atoms with E-state index in [0.717, 1.165) is 42.8 Å². The Morgan fingerprint density at radius 3 is 2.81 bits per heavy atom. The van der Waals surface area contributed by atoms with Crippen LogP contribution in [0.1, 0.15) is 36.8 Å². The monoisotopic (exact) mass is 383 g/mol. The lowest BCUT2D eigenvalue weighted by molar-refractivity contribution is 0.338. The van der Waals surface area contributed by atoms with Gasteiger partial charge < -0.3 is 16.4 Å². The van der Waals surface area contributed by atoms with Gasteiger partial charge in [-0.15, -0.1) is 11.8 Å². The van der Waals surface area contributed by atoms with Crippen molar-refractivity contribution < 1.29 is 0 Å². The van der Waals surface area contributed by atoms with Gasteiger partial charge in [0.15, 0.2) is 0 Å². The van der Waals surface area contributed by atoms with Crippen LogP contribution in [0.3, 0.4) is 0 Å². The van der Waals surface area contributed by atoms with E-state index < -0.39 is 0 Å². The summed E-state index contributed by atoms with van der Waals surface area (Å²) in [7, 11) is 0. The van der Waals surface area contributed by atoms with Crippen molar-refractivity contribution in [3.05, 3.63) is 35.7 Å². The molecule has 1 saturated carbocycles. The SMILES string of the molecule is CSc1ncccc1CNc1ncc(C#N)c(NCC2CCC(N)CC2)n1. The quantitative estimate of drug-likeness (QED) is 0.626. The highest BCUT2D eigenvalue weighted by Crippen LogP contribution is 2.24. The van der Waals surface area contributed by atoms with Gasteiger partial charge in [-0.2, -0.15) is 10.2 Å². The predicted octanol–water partition coefficient (Wildman–Crippen LogP) is 3.01. The van der Waals surface area contributed by atoms with Gasteiger partial charge in [0.05, 0.1) is 6.20 Å². The molecular weight excluding hydrogens is 358 g/mol. The van der Waals surface area contributed by atoms with Crippen LogP contribution in [0.5, 0.6) is 0 Å². The lowest BCUT2D eigenvalue weighted by atomic mass is 9.86. The van der Waals surface area contributed by atoms with Crippen LogP contribution in [-0.4, -0.2) is 33.8 Å². The van der Waals surface area contributed by atoms with E-state index in [0.29, 0.717) is 35.8 Å². The van der Waals surface area contributed by atoms with Crippen LogP contribution in [-0.2, 0) is 6.54 Å². The number of rotatable bonds is 7. The number of hydrogen-bond donors (Lipinski definition) is 3. The molecular formula is C19H25N7S. The zero-order valence-electron chi connectivity index (χ0n) is 15.5. The van der Waals surface area contributed by atoms with E-state index in [2.05, 4.69) is 31.7 Å². The molecule has 0 aliphatic heterocycles. The number of aromatic nitrogens is 3. The Balaban J connectivity index is 1.63. The summed E-state index contributed by atoms with van der Waals surface area (Å²) < 4.78 is 0. The average Bonchev–Trinajstić information content (AvgIpc) is 2.72. The van der Waals surface area contributed by atoms with Gasteiger partial charge >= 0.3 is 0 Å². The molecule has 0 radical (unpaired) electrons. The number of nitrogens with zero attached hydrogens (tertiary/aromatic N) is 4. The summed E-state index contributed by atoms with van der Waals surface area (Å²) in [6.07, 6.45) is 9.72. The van der Waals surface area contributed by atoms with Crippen molar-refractivity contribution in [2.75, 3.05) is 23.4 Å². The van der Waals surface area contributed by atoms with Crippen molar-refractivity contribution in [1.82, 2.24) is 15.0 Å². The molecule has 8 heteroatoms. The van der Waals surface area contributed by atoms with E-state index in [9.17, 15) is 5.26 Å². The Morgan fingerprint density at radius 1 is 1.26 bits per heavy atom. The Labute approximate surface area is 164 Å². The standard InChI is InChI=1S/C19H25N7S/c1-27-18-14(3-2-8-22-18)11-24-19-25-12-15(9-20)17(26-19)23-10-13-4-6-16(21)7-5-13/h2-3,8,12-13,16H,4-7,10-11,21H2,1H3,(H2,23,24,25,26). The summed E-state index contributed by atoms with van der Waals surface area (Å²) in [6.45, 7) is 1.38. The molecule has 2 heterocycles. The van der Waals surface area contributed by atoms with E-state index in [1.807, 2.05) is 18.4 Å². The van der Waals surface area contributed by atoms with Crippen LogP contribution < -0.4 is 16.4 Å². The zero-order chi connectivity index (χ0) is 19.1. The molecule has 3 rings (SSSR count). The smallest absolute Gasteiger partial charge is 0.224 e. The third-order valence-electron chi connectivity index (χ3n) is 4.84. The fraction of sp³-hybridized carbons (Fsp3) is 0.474. The maximum Gasteiger partial charge on any atom is 0.224 e. The number of nitrogens with one attached hydrogen (secondary N) is 2. The van der Waals surface area contributed by atoms with Gasteiger partial charge in [-0.25, -0.2) is 9.97 Å². The van der Waals surface area contributed by atoms with E-state index >= 15 is 0 Å². The van der Waals surface area contributed by atoms with Crippen molar-refractivity contribution in [2.45, 2.75) is 43.3 Å². The van der Waals surface area contributed by atoms with Crippen LogP contribution >= 0.6 is 11.8 Å². The molecule has 142 valence electrons. The zero-order valence-corrected chi connectivity index (χ0v) is 16.3. The fourth-order valence-corrected chi connectivity index (χ4v) is 3.80. The molecule has 0 atom stereocenters. The number of hydrogen-bond acceptors (Lipinski definition) is 8. The van der Waals surface area contributed by atoms with Crippen LogP contribution in [0.4, 0.5) is 11.8 Å². The third-order valence-corrected chi connectivity index (χ3v) is 5.59. The highest BCUT2D eigenvalue weighted by Gasteiger charge is 2.19. The molecule has 0 saturated heterocycles. The first-order chi connectivity index (χ1) is 13.2. The van der Waals surface area contributed by atoms with Crippen molar-refractivity contribution in [1.29, 1.82) is 5.26 Å². The van der Waals surface area contributed by atoms with Crippen molar-refractivity contribution in [3.63, 3.8) is 0 Å². The molecule has 0 spiro atoms. The van der Waals surface area contributed by atoms with Gasteiger partial charge in [0, 0.05) is 30.9 Å². The first-order valence-electron chi connectivity index (χ1n) is 9.18. The molecule has 0 aromatic carbocycles. The highest BCUT2D eigenvalue weighted by atomic mass is 32.2. The second-order valence-electron chi connectivity index (χ2n) is 6.75. The minimum atomic E-state index is 0.337. The molecule has 2 aromatic rings. The summed E-state index contributed by atoms with van der Waals surface area (Å²) in [5.41, 5.74) is 7.52. The first kappa shape index (κ1) is 19.4. The molecule has 1 aliphatic carbocycles. The molecule has 4 N–H and O–H groups in total. The summed E-state index contributed by atoms with van der Waals surface area (Å²) in [5, 5.41) is 16.9. The van der Waals surface area contributed by atoms with Gasteiger partial charge in [0.1, 0.15) is 22.5 Å². The number of nitrogens with two attached hydrogens (primary N) is 1. The fourth-order valence-electron chi connectivity index (χ4n) is 3.23. The number of nitriles is 1. The lowest BCUT2D eigenvalue weighted by Gasteiger charge is -2.26. The molecule has 1 aliphatic rings. The van der Waals surface area contributed by atoms with Gasteiger partial charge in [0.2, 0.25) is 5.95 Å². The second kappa shape index (κ2) is 9.53. The van der Waals surface area contributed by atoms with Crippen molar-refractivity contribution >= 4 is 23.5 Å². The highest BCUT2D eigenvalue weighted by molar-refractivity contribution is 7.98. The molecule has 2 aromatic heterocycles. The molecule has 0 unspecified atom stereocenters. The van der Waals surface area contributed by atoms with Gasteiger partial charge in [-0.1, -0.05) is 6.07 Å². The largest absolute Gasteiger partial charge is 0.369 e. The van der Waals surface area contributed by atoms with E-state index in [1.54, 1.807) is 24.2 Å². The van der Waals surface area contributed by atoms with Gasteiger partial charge in [-0.05, 0) is 43.9 Å². The average molecular weight is 384 g/mol. The molecule has 27 heavy (non-hydrogen) atoms. The third kappa shape index (κ3) is 5.31. The maximum atomic E-state index is 9.34. The van der Waals surface area contributed by atoms with Gasteiger partial charge in [-0.3, -0.25) is 0 Å². The first-order valence-corrected chi connectivity index (χ1v) is 10.4. The number of pyridine rings is 1. The van der Waals surface area contributed by atoms with E-state index in [4.69, 9.17) is 5.73 Å². The minimum absolute atomic E-state index is 0.337. The normalized spacial score (nSPS) is 19.3. The summed E-state index contributed by atoms with van der Waals surface area (Å²) in [6, 6.07) is 6.44. The molecule has 7 nitrogen and oxygen atoms in total. The number of thioether (sulfide) groups is 1. The molecule has 0 amide bonds. The lowest BCUT2D eigenvalue weighted by Crippen LogP contribution is -2.29. The minimum Gasteiger partial charge on any atom is -0.369 e. The Kier molecular flexibility index (Phi) is 6.85. The molecule has 1 fully saturated rings. The van der Waals surface area contributed by atoms with Crippen LogP contribution in [0.15, 0.2) is 29.6 Å². The summed E-state index contributed by atoms with van der Waals surface area (Å²) >= 11 is 1.61. The van der Waals surface area contributed by atoms with Crippen LogP contribution in [0.2, 0.25) is 0 Å². The van der Waals surface area contributed by atoms with E-state index in [-0.39, 0.29) is 0 Å². The Bertz CT molecular complexity index is 797. The predicted molar refractivity (Wildman–Crippen MR) is 109 cm³/mol. The maximum absolute atomic E-state index is 9.34. The van der Waals surface area contributed by atoms with Crippen LogP contribution in [0.25, 0.3) is 0 Å².